The highest BCUT2D eigenvalue weighted by atomic mass is 16.5. The predicted octanol–water partition coefficient (Wildman–Crippen LogP) is 2.95. The lowest BCUT2D eigenvalue weighted by atomic mass is 9.78. The van der Waals surface area contributed by atoms with Crippen molar-refractivity contribution in [2.45, 2.75) is 45.3 Å². The Labute approximate surface area is 184 Å². The van der Waals surface area contributed by atoms with E-state index in [-0.39, 0.29) is 6.10 Å². The molecule has 2 saturated heterocycles. The predicted molar refractivity (Wildman–Crippen MR) is 124 cm³/mol. The van der Waals surface area contributed by atoms with Gasteiger partial charge in [0, 0.05) is 38.1 Å². The molecule has 3 unspecified atom stereocenters. The van der Waals surface area contributed by atoms with Crippen molar-refractivity contribution >= 4 is 22.4 Å². The Hall–Kier alpha value is -2.09. The molecule has 5 rings (SSSR count). The maximum atomic E-state index is 5.84. The second-order valence-corrected chi connectivity index (χ2v) is 9.32. The number of morpholine rings is 1. The molecule has 2 N–H and O–H groups in total. The molecule has 0 radical (unpaired) electrons. The number of fused-ring (bicyclic) bond motifs is 1. The van der Waals surface area contributed by atoms with Gasteiger partial charge in [-0.25, -0.2) is 9.97 Å². The highest BCUT2D eigenvalue weighted by Gasteiger charge is 2.34. The van der Waals surface area contributed by atoms with Crippen molar-refractivity contribution in [3.8, 4) is 0 Å². The lowest BCUT2D eigenvalue weighted by molar-refractivity contribution is 0.0372. The molecule has 0 saturated carbocycles. The van der Waals surface area contributed by atoms with E-state index in [4.69, 9.17) is 9.72 Å². The van der Waals surface area contributed by atoms with Crippen molar-refractivity contribution in [2.24, 2.45) is 11.8 Å². The largest absolute Gasteiger partial charge is 0.374 e. The number of likely N-dealkylation sites (tertiary alicyclic amines) is 1. The van der Waals surface area contributed by atoms with Gasteiger partial charge in [0.15, 0.2) is 5.82 Å². The molecule has 2 aromatic heterocycles. The molecule has 3 aliphatic rings. The molecule has 0 bridgehead atoms. The molecule has 2 fully saturated rings. The average Bonchev–Trinajstić information content (AvgIpc) is 3.32. The number of pyridine rings is 1. The molecule has 7 heteroatoms. The number of ether oxygens (including phenoxy) is 1. The maximum Gasteiger partial charge on any atom is 0.154 e. The van der Waals surface area contributed by atoms with E-state index >= 15 is 0 Å². The number of rotatable bonds is 5. The lowest BCUT2D eigenvalue weighted by Crippen LogP contribution is -2.43. The molecule has 4 atom stereocenters. The minimum absolute atomic E-state index is 0.140. The fourth-order valence-electron chi connectivity index (χ4n) is 5.61. The fourth-order valence-corrected chi connectivity index (χ4v) is 5.61. The van der Waals surface area contributed by atoms with Gasteiger partial charge >= 0.3 is 0 Å². The van der Waals surface area contributed by atoms with Crippen molar-refractivity contribution in [3.63, 3.8) is 0 Å². The van der Waals surface area contributed by atoms with Gasteiger partial charge in [-0.3, -0.25) is 9.88 Å². The first-order valence-electron chi connectivity index (χ1n) is 11.8. The summed E-state index contributed by atoms with van der Waals surface area (Å²) < 4.78 is 5.84. The minimum Gasteiger partial charge on any atom is -0.374 e. The van der Waals surface area contributed by atoms with Crippen molar-refractivity contribution in [3.05, 3.63) is 30.2 Å². The van der Waals surface area contributed by atoms with Crippen LogP contribution in [-0.2, 0) is 4.74 Å². The lowest BCUT2D eigenvalue weighted by Gasteiger charge is -2.40. The highest BCUT2D eigenvalue weighted by molar-refractivity contribution is 5.87. The highest BCUT2D eigenvalue weighted by Crippen LogP contribution is 2.38. The molecule has 31 heavy (non-hydrogen) atoms. The Morgan fingerprint density at radius 3 is 2.81 bits per heavy atom. The SMILES string of the molecule is CC1C=C(c2cc3nccnc3c(NC[C@H]3CNCCO3)n2)CC(C)C1N1CCCC1. The van der Waals surface area contributed by atoms with E-state index in [1.54, 1.807) is 12.4 Å². The molecule has 0 aromatic carbocycles. The Balaban J connectivity index is 1.42. The van der Waals surface area contributed by atoms with E-state index in [0.717, 1.165) is 48.7 Å². The minimum atomic E-state index is 0.140. The third-order valence-corrected chi connectivity index (χ3v) is 6.98. The first-order valence-corrected chi connectivity index (χ1v) is 11.8. The van der Waals surface area contributed by atoms with Gasteiger partial charge in [-0.2, -0.15) is 0 Å². The topological polar surface area (TPSA) is 75.2 Å². The summed E-state index contributed by atoms with van der Waals surface area (Å²) in [6, 6.07) is 2.74. The summed E-state index contributed by atoms with van der Waals surface area (Å²) in [6.45, 7) is 10.5. The third-order valence-electron chi connectivity index (χ3n) is 6.98. The molecular formula is C24H34N6O. The number of aromatic nitrogens is 3. The van der Waals surface area contributed by atoms with Crippen LogP contribution in [0.15, 0.2) is 24.5 Å². The monoisotopic (exact) mass is 422 g/mol. The van der Waals surface area contributed by atoms with Gasteiger partial charge in [0.1, 0.15) is 5.52 Å². The van der Waals surface area contributed by atoms with Crippen LogP contribution in [0.25, 0.3) is 16.6 Å². The van der Waals surface area contributed by atoms with Crippen molar-refractivity contribution in [2.75, 3.05) is 44.6 Å². The molecule has 4 heterocycles. The summed E-state index contributed by atoms with van der Waals surface area (Å²) in [5.74, 6) is 1.94. The zero-order chi connectivity index (χ0) is 21.2. The first kappa shape index (κ1) is 20.8. The van der Waals surface area contributed by atoms with Gasteiger partial charge in [0.2, 0.25) is 0 Å². The number of hydrogen-bond acceptors (Lipinski definition) is 7. The molecule has 2 aliphatic heterocycles. The van der Waals surface area contributed by atoms with E-state index in [1.165, 1.54) is 31.5 Å². The second kappa shape index (κ2) is 9.18. The quantitative estimate of drug-likeness (QED) is 0.767. The summed E-state index contributed by atoms with van der Waals surface area (Å²) in [7, 11) is 0. The Kier molecular flexibility index (Phi) is 6.16. The Morgan fingerprint density at radius 2 is 2.03 bits per heavy atom. The number of nitrogens with zero attached hydrogens (tertiary/aromatic N) is 4. The van der Waals surface area contributed by atoms with E-state index < -0.39 is 0 Å². The van der Waals surface area contributed by atoms with E-state index in [0.29, 0.717) is 24.4 Å². The number of nitrogens with one attached hydrogen (secondary N) is 2. The van der Waals surface area contributed by atoms with Gasteiger partial charge in [0.25, 0.3) is 0 Å². The maximum absolute atomic E-state index is 5.84. The van der Waals surface area contributed by atoms with Gasteiger partial charge in [0.05, 0.1) is 23.9 Å². The average molecular weight is 423 g/mol. The molecule has 7 nitrogen and oxygen atoms in total. The Bertz CT molecular complexity index is 935. The number of allylic oxidation sites excluding steroid dienone is 1. The van der Waals surface area contributed by atoms with Crippen LogP contribution in [0.2, 0.25) is 0 Å². The zero-order valence-corrected chi connectivity index (χ0v) is 18.7. The number of hydrogen-bond donors (Lipinski definition) is 2. The van der Waals surface area contributed by atoms with Crippen molar-refractivity contribution in [1.29, 1.82) is 0 Å². The zero-order valence-electron chi connectivity index (χ0n) is 18.7. The van der Waals surface area contributed by atoms with Crippen LogP contribution in [0.1, 0.15) is 38.8 Å². The first-order chi connectivity index (χ1) is 15.2. The summed E-state index contributed by atoms with van der Waals surface area (Å²) >= 11 is 0. The van der Waals surface area contributed by atoms with Gasteiger partial charge in [-0.1, -0.05) is 19.9 Å². The van der Waals surface area contributed by atoms with E-state index in [2.05, 4.69) is 51.5 Å². The van der Waals surface area contributed by atoms with Crippen LogP contribution in [0.3, 0.4) is 0 Å². The van der Waals surface area contributed by atoms with Crippen LogP contribution in [0.4, 0.5) is 5.82 Å². The molecule has 2 aromatic rings. The molecular weight excluding hydrogens is 388 g/mol. The van der Waals surface area contributed by atoms with Gasteiger partial charge in [-0.15, -0.1) is 0 Å². The van der Waals surface area contributed by atoms with Crippen molar-refractivity contribution < 1.29 is 4.74 Å². The molecule has 0 amide bonds. The smallest absolute Gasteiger partial charge is 0.154 e. The summed E-state index contributed by atoms with van der Waals surface area (Å²) in [6.07, 6.45) is 9.82. The summed E-state index contributed by atoms with van der Waals surface area (Å²) in [5, 5.41) is 6.88. The molecule has 1 aliphatic carbocycles. The van der Waals surface area contributed by atoms with Gasteiger partial charge in [-0.05, 0) is 55.8 Å². The summed E-state index contributed by atoms with van der Waals surface area (Å²) in [5.41, 5.74) is 4.07. The van der Waals surface area contributed by atoms with E-state index in [9.17, 15) is 0 Å². The standard InChI is InChI=1S/C24H34N6O/c1-16-11-18(12-17(2)23(16)30-8-3-4-9-30)20-13-21-22(27-6-5-26-21)24(29-20)28-15-19-14-25-7-10-31-19/h5-6,11,13,16-17,19,23,25H,3-4,7-10,12,14-15H2,1-2H3,(H,28,29)/t16?,17?,19-,23?/m1/s1. The molecule has 0 spiro atoms. The van der Waals surface area contributed by atoms with Crippen LogP contribution < -0.4 is 10.6 Å². The summed E-state index contributed by atoms with van der Waals surface area (Å²) in [4.78, 5) is 16.9. The fraction of sp³-hybridized carbons (Fsp3) is 0.625. The normalized spacial score (nSPS) is 29.8. The second-order valence-electron chi connectivity index (χ2n) is 9.32. The Morgan fingerprint density at radius 1 is 1.19 bits per heavy atom. The van der Waals surface area contributed by atoms with Crippen LogP contribution in [-0.4, -0.2) is 71.3 Å². The number of anilines is 1. The van der Waals surface area contributed by atoms with Gasteiger partial charge < -0.3 is 15.4 Å². The van der Waals surface area contributed by atoms with Crippen molar-refractivity contribution in [1.82, 2.24) is 25.2 Å². The van der Waals surface area contributed by atoms with E-state index in [1.807, 2.05) is 0 Å². The van der Waals surface area contributed by atoms with Crippen LogP contribution >= 0.6 is 0 Å². The van der Waals surface area contributed by atoms with Crippen LogP contribution in [0.5, 0.6) is 0 Å². The third kappa shape index (κ3) is 4.45. The van der Waals surface area contributed by atoms with Crippen LogP contribution in [0, 0.1) is 11.8 Å². The molecule has 166 valence electrons.